The zero-order valence-electron chi connectivity index (χ0n) is 13.0. The number of thiophene rings is 1. The molecule has 0 atom stereocenters. The molecule has 8 heteroatoms. The maximum Gasteiger partial charge on any atom is 0.416 e. The lowest BCUT2D eigenvalue weighted by atomic mass is 10.1. The Balaban J connectivity index is 1.46. The van der Waals surface area contributed by atoms with Crippen molar-refractivity contribution < 1.29 is 28.6 Å². The van der Waals surface area contributed by atoms with Gasteiger partial charge in [-0.1, -0.05) is 12.1 Å². The number of hydrogen-bond acceptors (Lipinski definition) is 7. The Morgan fingerprint density at radius 3 is 2.88 bits per heavy atom. The molecule has 1 fully saturated rings. The Morgan fingerprint density at radius 1 is 1.24 bits per heavy atom. The van der Waals surface area contributed by atoms with Gasteiger partial charge >= 0.3 is 12.1 Å². The molecule has 2 amide bonds. The summed E-state index contributed by atoms with van der Waals surface area (Å²) in [7, 11) is 0. The van der Waals surface area contributed by atoms with E-state index in [0.29, 0.717) is 11.5 Å². The highest BCUT2D eigenvalue weighted by Crippen LogP contribution is 2.42. The minimum absolute atomic E-state index is 0.162. The van der Waals surface area contributed by atoms with E-state index in [-0.39, 0.29) is 13.2 Å². The van der Waals surface area contributed by atoms with Crippen LogP contribution in [0.5, 0.6) is 5.75 Å². The first-order valence-corrected chi connectivity index (χ1v) is 8.44. The fourth-order valence-electron chi connectivity index (χ4n) is 2.70. The van der Waals surface area contributed by atoms with Gasteiger partial charge in [0.25, 0.3) is 5.91 Å². The van der Waals surface area contributed by atoms with Crippen LogP contribution < -0.4 is 4.74 Å². The van der Waals surface area contributed by atoms with Gasteiger partial charge in [-0.25, -0.2) is 14.5 Å². The van der Waals surface area contributed by atoms with E-state index < -0.39 is 24.6 Å². The summed E-state index contributed by atoms with van der Waals surface area (Å²) in [6, 6.07) is 9.32. The molecule has 1 aromatic heterocycles. The maximum absolute atomic E-state index is 12.2. The smallest absolute Gasteiger partial charge is 0.416 e. The average molecular weight is 359 g/mol. The number of cyclic esters (lactones) is 1. The second-order valence-electron chi connectivity index (χ2n) is 5.49. The standard InChI is InChI=1S/C17H13NO6S/c19-14(18-5-6-22-17(18)21)9-24-16(20)13-7-10-8-23-12-4-2-1-3-11(12)15(10)25-13/h1-4,7H,5-6,8-9H2. The van der Waals surface area contributed by atoms with Crippen molar-refractivity contribution >= 4 is 29.3 Å². The monoisotopic (exact) mass is 359 g/mol. The van der Waals surface area contributed by atoms with Crippen molar-refractivity contribution in [3.8, 4) is 16.2 Å². The first-order chi connectivity index (χ1) is 12.1. The van der Waals surface area contributed by atoms with Gasteiger partial charge in [-0.3, -0.25) is 4.79 Å². The SMILES string of the molecule is O=C(OCC(=O)N1CCOC1=O)c1cc2c(s1)-c1ccccc1OC2. The van der Waals surface area contributed by atoms with Crippen molar-refractivity contribution in [1.29, 1.82) is 0 Å². The van der Waals surface area contributed by atoms with E-state index >= 15 is 0 Å². The van der Waals surface area contributed by atoms with Crippen LogP contribution in [0.3, 0.4) is 0 Å². The van der Waals surface area contributed by atoms with Crippen LogP contribution in [0.15, 0.2) is 30.3 Å². The second-order valence-corrected chi connectivity index (χ2v) is 6.54. The van der Waals surface area contributed by atoms with Gasteiger partial charge in [-0.15, -0.1) is 11.3 Å². The predicted octanol–water partition coefficient (Wildman–Crippen LogP) is 2.44. The van der Waals surface area contributed by atoms with E-state index in [0.717, 1.165) is 26.7 Å². The summed E-state index contributed by atoms with van der Waals surface area (Å²) < 4.78 is 15.4. The Morgan fingerprint density at radius 2 is 2.08 bits per heavy atom. The quantitative estimate of drug-likeness (QED) is 0.783. The lowest BCUT2D eigenvalue weighted by molar-refractivity contribution is -0.131. The average Bonchev–Trinajstić information content (AvgIpc) is 3.25. The van der Waals surface area contributed by atoms with Gasteiger partial charge in [0.15, 0.2) is 6.61 Å². The van der Waals surface area contributed by atoms with Crippen molar-refractivity contribution in [2.45, 2.75) is 6.61 Å². The molecule has 3 heterocycles. The number of imide groups is 1. The molecule has 4 rings (SSSR count). The minimum Gasteiger partial charge on any atom is -0.488 e. The van der Waals surface area contributed by atoms with Crippen LogP contribution in [0.4, 0.5) is 4.79 Å². The molecule has 0 radical (unpaired) electrons. The van der Waals surface area contributed by atoms with Gasteiger partial charge in [0.05, 0.1) is 6.54 Å². The Hall–Kier alpha value is -2.87. The van der Waals surface area contributed by atoms with Gasteiger partial charge < -0.3 is 14.2 Å². The molecule has 2 aliphatic heterocycles. The van der Waals surface area contributed by atoms with Crippen LogP contribution in [0, 0.1) is 0 Å². The van der Waals surface area contributed by atoms with E-state index in [1.807, 2.05) is 24.3 Å². The third-order valence-electron chi connectivity index (χ3n) is 3.91. The Kier molecular flexibility index (Phi) is 3.89. The molecule has 1 saturated heterocycles. The van der Waals surface area contributed by atoms with Gasteiger partial charge in [-0.05, 0) is 18.2 Å². The topological polar surface area (TPSA) is 82.1 Å². The summed E-state index contributed by atoms with van der Waals surface area (Å²) in [4.78, 5) is 37.7. The number of benzene rings is 1. The molecule has 25 heavy (non-hydrogen) atoms. The molecule has 0 unspecified atom stereocenters. The number of fused-ring (bicyclic) bond motifs is 3. The first-order valence-electron chi connectivity index (χ1n) is 7.62. The van der Waals surface area contributed by atoms with E-state index in [1.54, 1.807) is 6.07 Å². The summed E-state index contributed by atoms with van der Waals surface area (Å²) in [5.41, 5.74) is 1.84. The second kappa shape index (κ2) is 6.21. The summed E-state index contributed by atoms with van der Waals surface area (Å²) in [5, 5.41) is 0. The molecule has 0 aliphatic carbocycles. The number of carbonyl (C=O) groups is 3. The number of hydrogen-bond donors (Lipinski definition) is 0. The summed E-state index contributed by atoms with van der Waals surface area (Å²) in [6.45, 7) is 0.227. The van der Waals surface area contributed by atoms with Crippen molar-refractivity contribution in [2.75, 3.05) is 19.8 Å². The Labute approximate surface area is 146 Å². The van der Waals surface area contributed by atoms with E-state index in [1.165, 1.54) is 11.3 Å². The van der Waals surface area contributed by atoms with Crippen molar-refractivity contribution in [3.05, 3.63) is 40.8 Å². The van der Waals surface area contributed by atoms with Crippen LogP contribution in [0.2, 0.25) is 0 Å². The van der Waals surface area contributed by atoms with Crippen LogP contribution in [-0.4, -0.2) is 42.6 Å². The largest absolute Gasteiger partial charge is 0.488 e. The van der Waals surface area contributed by atoms with E-state index in [4.69, 9.17) is 9.47 Å². The molecular weight excluding hydrogens is 346 g/mol. The third-order valence-corrected chi connectivity index (χ3v) is 5.10. The van der Waals surface area contributed by atoms with Gasteiger partial charge in [0.2, 0.25) is 0 Å². The molecule has 7 nitrogen and oxygen atoms in total. The number of para-hydroxylation sites is 1. The highest BCUT2D eigenvalue weighted by Gasteiger charge is 2.29. The lowest BCUT2D eigenvalue weighted by Crippen LogP contribution is -2.35. The highest BCUT2D eigenvalue weighted by atomic mass is 32.1. The fourth-order valence-corrected chi connectivity index (χ4v) is 3.79. The lowest BCUT2D eigenvalue weighted by Gasteiger charge is -2.16. The fraction of sp³-hybridized carbons (Fsp3) is 0.235. The zero-order valence-corrected chi connectivity index (χ0v) is 13.8. The molecule has 2 aromatic rings. The Bertz CT molecular complexity index is 874. The maximum atomic E-state index is 12.2. The number of rotatable bonds is 3. The van der Waals surface area contributed by atoms with Gasteiger partial charge in [0.1, 0.15) is 23.8 Å². The third kappa shape index (κ3) is 2.85. The van der Waals surface area contributed by atoms with Crippen molar-refractivity contribution in [1.82, 2.24) is 4.90 Å². The normalized spacial score (nSPS) is 15.0. The van der Waals surface area contributed by atoms with E-state index in [2.05, 4.69) is 4.74 Å². The molecule has 0 N–H and O–H groups in total. The van der Waals surface area contributed by atoms with Crippen LogP contribution in [0.1, 0.15) is 15.2 Å². The molecule has 0 saturated carbocycles. The summed E-state index contributed by atoms with van der Waals surface area (Å²) in [5.74, 6) is -0.414. The van der Waals surface area contributed by atoms with E-state index in [9.17, 15) is 14.4 Å². The summed E-state index contributed by atoms with van der Waals surface area (Å²) >= 11 is 1.30. The number of carbonyl (C=O) groups excluding carboxylic acids is 3. The first kappa shape index (κ1) is 15.6. The predicted molar refractivity (Wildman–Crippen MR) is 87.4 cm³/mol. The zero-order chi connectivity index (χ0) is 17.4. The summed E-state index contributed by atoms with van der Waals surface area (Å²) in [6.07, 6.45) is -0.707. The molecule has 0 bridgehead atoms. The number of ether oxygens (including phenoxy) is 3. The van der Waals surface area contributed by atoms with Crippen LogP contribution >= 0.6 is 11.3 Å². The number of amides is 2. The van der Waals surface area contributed by atoms with Gasteiger partial charge in [0, 0.05) is 16.0 Å². The molecule has 128 valence electrons. The van der Waals surface area contributed by atoms with Crippen LogP contribution in [0.25, 0.3) is 10.4 Å². The van der Waals surface area contributed by atoms with Crippen molar-refractivity contribution in [3.63, 3.8) is 0 Å². The molecular formula is C17H13NO6S. The highest BCUT2D eigenvalue weighted by molar-refractivity contribution is 7.17. The minimum atomic E-state index is -0.707. The van der Waals surface area contributed by atoms with Gasteiger partial charge in [-0.2, -0.15) is 0 Å². The molecule has 0 spiro atoms. The number of nitrogens with zero attached hydrogens (tertiary/aromatic N) is 1. The van der Waals surface area contributed by atoms with Crippen LogP contribution in [-0.2, 0) is 20.9 Å². The molecule has 1 aromatic carbocycles. The van der Waals surface area contributed by atoms with Crippen molar-refractivity contribution in [2.24, 2.45) is 0 Å². The number of esters is 1. The molecule has 2 aliphatic rings.